The van der Waals surface area contributed by atoms with Gasteiger partial charge in [-0.25, -0.2) is 9.97 Å². The molecular weight excluding hydrogens is 465 g/mol. The summed E-state index contributed by atoms with van der Waals surface area (Å²) in [6.07, 6.45) is 3.67. The quantitative estimate of drug-likeness (QED) is 0.247. The predicted molar refractivity (Wildman–Crippen MR) is 140 cm³/mol. The average molecular weight is 492 g/mol. The van der Waals surface area contributed by atoms with E-state index in [2.05, 4.69) is 74.1 Å². The van der Waals surface area contributed by atoms with E-state index in [0.717, 1.165) is 19.4 Å². The third-order valence-electron chi connectivity index (χ3n) is 5.52. The van der Waals surface area contributed by atoms with Gasteiger partial charge in [0.2, 0.25) is 0 Å². The van der Waals surface area contributed by atoms with Gasteiger partial charge in [0.05, 0.1) is 10.7 Å². The minimum absolute atomic E-state index is 0.0976. The van der Waals surface area contributed by atoms with Gasteiger partial charge < -0.3 is 10.6 Å². The average Bonchev–Trinajstić information content (AvgIpc) is 2.87. The lowest BCUT2D eigenvalue weighted by Crippen LogP contribution is -2.29. The number of aryl methyl sites for hydroxylation is 2. The van der Waals surface area contributed by atoms with E-state index in [0.29, 0.717) is 39.6 Å². The van der Waals surface area contributed by atoms with Gasteiger partial charge in [0.25, 0.3) is 0 Å². The van der Waals surface area contributed by atoms with Crippen LogP contribution in [0.4, 0.5) is 5.82 Å². The Morgan fingerprint density at radius 2 is 1.62 bits per heavy atom. The maximum absolute atomic E-state index is 6.55. The van der Waals surface area contributed by atoms with Gasteiger partial charge in [-0.3, -0.25) is 4.98 Å². The first-order chi connectivity index (χ1) is 16.6. The van der Waals surface area contributed by atoms with Crippen LogP contribution in [0.25, 0.3) is 11.5 Å². The van der Waals surface area contributed by atoms with Crippen LogP contribution in [0.5, 0.6) is 0 Å². The molecule has 2 N–H and O–H groups in total. The summed E-state index contributed by atoms with van der Waals surface area (Å²) < 4.78 is 0. The number of nitrogens with one attached hydrogen (secondary N) is 2. The number of benzene rings is 2. The van der Waals surface area contributed by atoms with Gasteiger partial charge in [-0.2, -0.15) is 0 Å². The molecule has 0 saturated heterocycles. The highest BCUT2D eigenvalue weighted by molar-refractivity contribution is 6.33. The molecule has 5 nitrogen and oxygen atoms in total. The van der Waals surface area contributed by atoms with Crippen molar-refractivity contribution < 1.29 is 0 Å². The first kappa shape index (κ1) is 24.1. The summed E-state index contributed by atoms with van der Waals surface area (Å²) in [5, 5.41) is 8.19. The van der Waals surface area contributed by atoms with E-state index in [-0.39, 0.29) is 6.04 Å². The van der Waals surface area contributed by atoms with E-state index in [1.807, 2.05) is 19.1 Å². The van der Waals surface area contributed by atoms with Crippen LogP contribution in [0.1, 0.15) is 29.3 Å². The molecule has 0 saturated carbocycles. The first-order valence-corrected chi connectivity index (χ1v) is 12.1. The van der Waals surface area contributed by atoms with Crippen LogP contribution in [0.15, 0.2) is 79.0 Å². The van der Waals surface area contributed by atoms with Crippen molar-refractivity contribution in [2.45, 2.75) is 25.8 Å². The molecule has 0 aliphatic rings. The van der Waals surface area contributed by atoms with Crippen LogP contribution < -0.4 is 10.6 Å². The van der Waals surface area contributed by atoms with Crippen LogP contribution in [0.2, 0.25) is 10.0 Å². The Morgan fingerprint density at radius 3 is 2.32 bits per heavy atom. The summed E-state index contributed by atoms with van der Waals surface area (Å²) in [6, 6.07) is 24.6. The van der Waals surface area contributed by atoms with Gasteiger partial charge in [-0.15, -0.1) is 0 Å². The molecular formula is C27H27Cl2N5. The number of anilines is 1. The van der Waals surface area contributed by atoms with Crippen molar-refractivity contribution >= 4 is 29.0 Å². The van der Waals surface area contributed by atoms with Gasteiger partial charge in [0, 0.05) is 18.8 Å². The molecule has 1 atom stereocenters. The molecule has 4 rings (SSSR count). The van der Waals surface area contributed by atoms with Crippen molar-refractivity contribution in [3.8, 4) is 11.5 Å². The first-order valence-electron chi connectivity index (χ1n) is 11.3. The highest BCUT2D eigenvalue weighted by Crippen LogP contribution is 2.27. The topological polar surface area (TPSA) is 62.7 Å². The van der Waals surface area contributed by atoms with E-state index < -0.39 is 0 Å². The Hall–Kier alpha value is -2.99. The maximum Gasteiger partial charge on any atom is 0.180 e. The molecule has 34 heavy (non-hydrogen) atoms. The van der Waals surface area contributed by atoms with Crippen molar-refractivity contribution in [3.05, 3.63) is 106 Å². The molecule has 0 fully saturated rings. The van der Waals surface area contributed by atoms with E-state index in [9.17, 15) is 0 Å². The molecule has 2 heterocycles. The number of nitrogens with zero attached hydrogens (tertiary/aromatic N) is 3. The lowest BCUT2D eigenvalue weighted by Gasteiger charge is -2.21. The molecule has 174 valence electrons. The fourth-order valence-electron chi connectivity index (χ4n) is 3.70. The molecule has 0 aliphatic heterocycles. The Balaban J connectivity index is 1.45. The molecule has 2 aromatic heterocycles. The van der Waals surface area contributed by atoms with E-state index >= 15 is 0 Å². The monoisotopic (exact) mass is 491 g/mol. The van der Waals surface area contributed by atoms with Crippen LogP contribution in [0.3, 0.4) is 0 Å². The third-order valence-corrected chi connectivity index (χ3v) is 6.20. The molecule has 4 aromatic rings. The van der Waals surface area contributed by atoms with Crippen molar-refractivity contribution in [2.75, 3.05) is 18.4 Å². The lowest BCUT2D eigenvalue weighted by molar-refractivity contribution is 0.540. The highest BCUT2D eigenvalue weighted by atomic mass is 35.5. The fraction of sp³-hybridized carbons (Fsp3) is 0.222. The lowest BCUT2D eigenvalue weighted by atomic mass is 10.1. The minimum Gasteiger partial charge on any atom is -0.367 e. The van der Waals surface area contributed by atoms with Crippen molar-refractivity contribution in [1.82, 2.24) is 20.3 Å². The Kier molecular flexibility index (Phi) is 8.47. The smallest absolute Gasteiger partial charge is 0.180 e. The number of pyridine rings is 1. The van der Waals surface area contributed by atoms with Gasteiger partial charge in [-0.05, 0) is 49.6 Å². The Bertz CT molecular complexity index is 1190. The summed E-state index contributed by atoms with van der Waals surface area (Å²) in [5.41, 5.74) is 3.89. The number of hydrogen-bond donors (Lipinski definition) is 2. The summed E-state index contributed by atoms with van der Waals surface area (Å²) >= 11 is 12.5. The van der Waals surface area contributed by atoms with Crippen molar-refractivity contribution in [1.29, 1.82) is 0 Å². The van der Waals surface area contributed by atoms with Crippen LogP contribution in [-0.2, 0) is 6.42 Å². The minimum atomic E-state index is 0.0976. The summed E-state index contributed by atoms with van der Waals surface area (Å²) in [7, 11) is 0. The van der Waals surface area contributed by atoms with Gasteiger partial charge in [0.15, 0.2) is 5.82 Å². The predicted octanol–water partition coefficient (Wildman–Crippen LogP) is 6.53. The summed E-state index contributed by atoms with van der Waals surface area (Å²) in [5.74, 6) is 1.10. The number of halogens is 2. The zero-order valence-corrected chi connectivity index (χ0v) is 20.5. The molecule has 2 aromatic carbocycles. The molecule has 0 spiro atoms. The van der Waals surface area contributed by atoms with Crippen LogP contribution in [-0.4, -0.2) is 28.0 Å². The molecule has 7 heteroatoms. The fourth-order valence-corrected chi connectivity index (χ4v) is 3.97. The SMILES string of the molecule is Cc1nc(-c2ccc(Cl)cn2)nc(NC[C@H](NCCCc2ccccc2)c2ccccc2)c1Cl. The Morgan fingerprint density at radius 1 is 0.882 bits per heavy atom. The van der Waals surface area contributed by atoms with E-state index in [1.165, 1.54) is 11.1 Å². The van der Waals surface area contributed by atoms with Crippen molar-refractivity contribution in [3.63, 3.8) is 0 Å². The van der Waals surface area contributed by atoms with Gasteiger partial charge in [-0.1, -0.05) is 83.9 Å². The standard InChI is InChI=1S/C27H27Cl2N5/c1-19-25(29)27(34-26(33-19)23-15-14-22(28)17-31-23)32-18-24(21-12-6-3-7-13-21)30-16-8-11-20-9-4-2-5-10-20/h2-7,9-10,12-15,17,24,30H,8,11,16,18H2,1H3,(H,32,33,34)/t24-/m0/s1. The summed E-state index contributed by atoms with van der Waals surface area (Å²) in [6.45, 7) is 3.39. The maximum atomic E-state index is 6.55. The second-order valence-electron chi connectivity index (χ2n) is 8.04. The Labute approximate surface area is 210 Å². The van der Waals surface area contributed by atoms with Crippen molar-refractivity contribution in [2.24, 2.45) is 0 Å². The van der Waals surface area contributed by atoms with E-state index in [4.69, 9.17) is 23.2 Å². The number of aromatic nitrogens is 3. The van der Waals surface area contributed by atoms with E-state index in [1.54, 1.807) is 18.3 Å². The normalized spacial score (nSPS) is 11.9. The molecule has 0 bridgehead atoms. The molecule has 0 unspecified atom stereocenters. The van der Waals surface area contributed by atoms with Crippen LogP contribution >= 0.6 is 23.2 Å². The second kappa shape index (κ2) is 11.9. The summed E-state index contributed by atoms with van der Waals surface area (Å²) in [4.78, 5) is 13.5. The molecule has 0 radical (unpaired) electrons. The van der Waals surface area contributed by atoms with Gasteiger partial charge in [0.1, 0.15) is 16.5 Å². The zero-order valence-electron chi connectivity index (χ0n) is 19.0. The second-order valence-corrected chi connectivity index (χ2v) is 8.86. The van der Waals surface area contributed by atoms with Crippen LogP contribution in [0, 0.1) is 6.92 Å². The van der Waals surface area contributed by atoms with Gasteiger partial charge >= 0.3 is 0 Å². The number of rotatable bonds is 10. The largest absolute Gasteiger partial charge is 0.367 e. The molecule has 0 aliphatic carbocycles. The highest BCUT2D eigenvalue weighted by Gasteiger charge is 2.15. The molecule has 0 amide bonds. The third kappa shape index (κ3) is 6.54. The zero-order chi connectivity index (χ0) is 23.8. The number of hydrogen-bond acceptors (Lipinski definition) is 5.